The summed E-state index contributed by atoms with van der Waals surface area (Å²) >= 11 is 7.05. The summed E-state index contributed by atoms with van der Waals surface area (Å²) in [5.41, 5.74) is 1.54. The number of rotatable bonds is 5. The molecule has 3 aromatic rings. The molecule has 1 N–H and O–H groups in total. The highest BCUT2D eigenvalue weighted by Gasteiger charge is 2.29. The maximum Gasteiger partial charge on any atom is 0.307 e. The summed E-state index contributed by atoms with van der Waals surface area (Å²) in [6.07, 6.45) is 1.03. The number of thiazole rings is 1. The van der Waals surface area contributed by atoms with Crippen LogP contribution < -0.4 is 14.5 Å². The van der Waals surface area contributed by atoms with E-state index >= 15 is 0 Å². The largest absolute Gasteiger partial charge is 0.324 e. The molecule has 10 heteroatoms. The number of nitrogens with zero attached hydrogens (tertiary/aromatic N) is 2. The number of aromatic nitrogens is 1. The lowest BCUT2D eigenvalue weighted by Gasteiger charge is -2.28. The minimum Gasteiger partial charge on any atom is -0.324 e. The summed E-state index contributed by atoms with van der Waals surface area (Å²) in [6, 6.07) is 10.4. The molecule has 2 aromatic carbocycles. The number of hydrogen-bond donors (Lipinski definition) is 1. The van der Waals surface area contributed by atoms with Crippen molar-refractivity contribution in [3.63, 3.8) is 0 Å². The van der Waals surface area contributed by atoms with Crippen LogP contribution in [0.25, 0.3) is 10.2 Å². The van der Waals surface area contributed by atoms with Crippen molar-refractivity contribution in [3.05, 3.63) is 57.2 Å². The molecule has 1 heterocycles. The minimum atomic E-state index is -3.74. The van der Waals surface area contributed by atoms with Crippen molar-refractivity contribution in [1.29, 1.82) is 0 Å². The van der Waals surface area contributed by atoms with Crippen LogP contribution >= 0.6 is 22.9 Å². The fraction of sp³-hybridized carbons (Fsp3) is 0.222. The van der Waals surface area contributed by atoms with E-state index in [4.69, 9.17) is 11.6 Å². The zero-order chi connectivity index (χ0) is 20.6. The highest BCUT2D eigenvalue weighted by molar-refractivity contribution is 7.92. The first-order chi connectivity index (χ1) is 13.1. The van der Waals surface area contributed by atoms with Gasteiger partial charge in [0, 0.05) is 17.8 Å². The van der Waals surface area contributed by atoms with Crippen LogP contribution in [0.4, 0.5) is 11.4 Å². The predicted octanol–water partition coefficient (Wildman–Crippen LogP) is 3.05. The van der Waals surface area contributed by atoms with Gasteiger partial charge in [0.15, 0.2) is 0 Å². The van der Waals surface area contributed by atoms with E-state index in [1.807, 2.05) is 0 Å². The van der Waals surface area contributed by atoms with Crippen molar-refractivity contribution in [1.82, 2.24) is 4.57 Å². The Kier molecular flexibility index (Phi) is 5.51. The Balaban J connectivity index is 1.90. The number of fused-ring (bicyclic) bond motifs is 1. The summed E-state index contributed by atoms with van der Waals surface area (Å²) in [4.78, 5) is 24.4. The van der Waals surface area contributed by atoms with E-state index in [0.717, 1.165) is 32.1 Å². The van der Waals surface area contributed by atoms with Crippen molar-refractivity contribution < 1.29 is 13.2 Å². The highest BCUT2D eigenvalue weighted by Crippen LogP contribution is 2.25. The summed E-state index contributed by atoms with van der Waals surface area (Å²) in [5.74, 6) is -0.506. The Labute approximate surface area is 171 Å². The van der Waals surface area contributed by atoms with Gasteiger partial charge >= 0.3 is 4.87 Å². The second-order valence-corrected chi connectivity index (χ2v) is 9.60. The van der Waals surface area contributed by atoms with Crippen molar-refractivity contribution in [2.24, 2.45) is 7.05 Å². The van der Waals surface area contributed by atoms with Gasteiger partial charge in [0.25, 0.3) is 0 Å². The third-order valence-electron chi connectivity index (χ3n) is 4.21. The number of halogens is 1. The van der Waals surface area contributed by atoms with Crippen LogP contribution in [0.5, 0.6) is 0 Å². The van der Waals surface area contributed by atoms with Crippen LogP contribution in [0.2, 0.25) is 5.02 Å². The Hall–Kier alpha value is -2.36. The zero-order valence-electron chi connectivity index (χ0n) is 15.3. The molecule has 0 saturated carbocycles. The first-order valence-corrected chi connectivity index (χ1v) is 11.3. The minimum absolute atomic E-state index is 0.101. The first kappa shape index (κ1) is 20.4. The molecule has 0 unspecified atom stereocenters. The van der Waals surface area contributed by atoms with Crippen LogP contribution in [0.3, 0.4) is 0 Å². The van der Waals surface area contributed by atoms with Gasteiger partial charge in [0.2, 0.25) is 15.9 Å². The van der Waals surface area contributed by atoms with Gasteiger partial charge in [-0.3, -0.25) is 13.9 Å². The molecule has 3 rings (SSSR count). The monoisotopic (exact) mass is 439 g/mol. The molecule has 0 aliphatic carbocycles. The number of hydrogen-bond acceptors (Lipinski definition) is 5. The molecule has 0 aliphatic heterocycles. The summed E-state index contributed by atoms with van der Waals surface area (Å²) in [6.45, 7) is 1.50. The van der Waals surface area contributed by atoms with Crippen LogP contribution in [-0.4, -0.2) is 31.2 Å². The lowest BCUT2D eigenvalue weighted by Crippen LogP contribution is -2.45. The van der Waals surface area contributed by atoms with E-state index < -0.39 is 22.0 Å². The molecule has 1 atom stereocenters. The third-order valence-corrected chi connectivity index (χ3v) is 6.68. The van der Waals surface area contributed by atoms with E-state index in [9.17, 15) is 18.0 Å². The summed E-state index contributed by atoms with van der Waals surface area (Å²) in [7, 11) is -2.06. The molecule has 0 aliphatic rings. The molecule has 0 bridgehead atoms. The molecule has 0 radical (unpaired) electrons. The molecular weight excluding hydrogens is 422 g/mol. The number of anilines is 2. The van der Waals surface area contributed by atoms with Gasteiger partial charge in [-0.25, -0.2) is 8.42 Å². The number of nitrogens with one attached hydrogen (secondary N) is 1. The van der Waals surface area contributed by atoms with Gasteiger partial charge in [-0.15, -0.1) is 0 Å². The molecule has 0 fully saturated rings. The Bertz CT molecular complexity index is 1220. The third kappa shape index (κ3) is 4.06. The van der Waals surface area contributed by atoms with Crippen LogP contribution in [0.1, 0.15) is 6.92 Å². The van der Waals surface area contributed by atoms with E-state index in [2.05, 4.69) is 5.32 Å². The van der Waals surface area contributed by atoms with Crippen molar-refractivity contribution in [3.8, 4) is 0 Å². The van der Waals surface area contributed by atoms with Crippen molar-refractivity contribution in [2.45, 2.75) is 13.0 Å². The van der Waals surface area contributed by atoms with E-state index in [0.29, 0.717) is 16.4 Å². The van der Waals surface area contributed by atoms with E-state index in [1.54, 1.807) is 43.4 Å². The number of sulfonamides is 1. The average molecular weight is 440 g/mol. The van der Waals surface area contributed by atoms with E-state index in [1.165, 1.54) is 17.6 Å². The Morgan fingerprint density at radius 2 is 1.96 bits per heavy atom. The number of aryl methyl sites for hydroxylation is 1. The van der Waals surface area contributed by atoms with Gasteiger partial charge < -0.3 is 9.88 Å². The van der Waals surface area contributed by atoms with Crippen molar-refractivity contribution >= 4 is 60.5 Å². The Morgan fingerprint density at radius 1 is 1.25 bits per heavy atom. The molecule has 148 valence electrons. The topological polar surface area (TPSA) is 88.5 Å². The quantitative estimate of drug-likeness (QED) is 0.661. The van der Waals surface area contributed by atoms with E-state index in [-0.39, 0.29) is 4.87 Å². The number of carbonyl (C=O) groups excluding carboxylic acids is 1. The second kappa shape index (κ2) is 7.57. The highest BCUT2D eigenvalue weighted by atomic mass is 35.5. The fourth-order valence-electron chi connectivity index (χ4n) is 2.88. The van der Waals surface area contributed by atoms with Gasteiger partial charge in [0.05, 0.1) is 22.2 Å². The molecule has 0 saturated heterocycles. The molecular formula is C18H18ClN3O4S2. The standard InChI is InChI=1S/C18H18ClN3O4S2/c1-11(22(28(3,25)26)14-6-4-5-12(19)9-14)17(23)20-13-7-8-15-16(10-13)27-18(24)21(15)2/h4-11H,1-3H3,(H,20,23)/t11-/m0/s1. The number of amides is 1. The second-order valence-electron chi connectivity index (χ2n) is 6.31. The van der Waals surface area contributed by atoms with Crippen molar-refractivity contribution in [2.75, 3.05) is 15.9 Å². The lowest BCUT2D eigenvalue weighted by molar-refractivity contribution is -0.116. The maximum absolute atomic E-state index is 12.8. The van der Waals surface area contributed by atoms with Gasteiger partial charge in [-0.1, -0.05) is 29.0 Å². The number of carbonyl (C=O) groups is 1. The summed E-state index contributed by atoms with van der Waals surface area (Å²) in [5, 5.41) is 3.08. The number of benzene rings is 2. The summed E-state index contributed by atoms with van der Waals surface area (Å²) < 4.78 is 27.9. The van der Waals surface area contributed by atoms with Crippen LogP contribution in [0.15, 0.2) is 47.3 Å². The van der Waals surface area contributed by atoms with Gasteiger partial charge in [-0.05, 0) is 43.3 Å². The maximum atomic E-state index is 12.8. The first-order valence-electron chi connectivity index (χ1n) is 8.23. The van der Waals surface area contributed by atoms with Gasteiger partial charge in [-0.2, -0.15) is 0 Å². The Morgan fingerprint density at radius 3 is 2.61 bits per heavy atom. The molecule has 28 heavy (non-hydrogen) atoms. The van der Waals surface area contributed by atoms with Crippen LogP contribution in [-0.2, 0) is 21.9 Å². The molecule has 0 spiro atoms. The predicted molar refractivity (Wildman–Crippen MR) is 114 cm³/mol. The molecule has 7 nitrogen and oxygen atoms in total. The van der Waals surface area contributed by atoms with Crippen LogP contribution in [0, 0.1) is 0 Å². The normalized spacial score (nSPS) is 12.7. The average Bonchev–Trinajstić information content (AvgIpc) is 2.87. The lowest BCUT2D eigenvalue weighted by atomic mass is 10.2. The zero-order valence-corrected chi connectivity index (χ0v) is 17.7. The SMILES string of the molecule is C[C@@H](C(=O)Nc1ccc2c(c1)sc(=O)n2C)N(c1cccc(Cl)c1)S(C)(=O)=O. The smallest absolute Gasteiger partial charge is 0.307 e. The fourth-order valence-corrected chi connectivity index (χ4v) is 5.15. The van der Waals surface area contributed by atoms with Gasteiger partial charge in [0.1, 0.15) is 6.04 Å². The molecule has 1 aromatic heterocycles. The molecule has 1 amide bonds.